The first-order valence-electron chi connectivity index (χ1n) is 7.50. The van der Waals surface area contributed by atoms with Gasteiger partial charge in [-0.1, -0.05) is 32.0 Å². The van der Waals surface area contributed by atoms with Crippen molar-refractivity contribution in [3.8, 4) is 0 Å². The van der Waals surface area contributed by atoms with E-state index in [9.17, 15) is 9.59 Å². The predicted molar refractivity (Wildman–Crippen MR) is 87.1 cm³/mol. The van der Waals surface area contributed by atoms with E-state index in [1.165, 1.54) is 0 Å². The molecule has 1 aromatic carbocycles. The van der Waals surface area contributed by atoms with Crippen molar-refractivity contribution in [2.45, 2.75) is 38.8 Å². The molecule has 5 heteroatoms. The lowest BCUT2D eigenvalue weighted by Gasteiger charge is -2.17. The van der Waals surface area contributed by atoms with Gasteiger partial charge in [0.1, 0.15) is 0 Å². The molecule has 0 fully saturated rings. The fourth-order valence-corrected chi connectivity index (χ4v) is 2.54. The molecule has 0 spiro atoms. The number of carbonyl (C=O) groups is 1. The first kappa shape index (κ1) is 16.2. The number of H-pyrrole nitrogens is 1. The van der Waals surface area contributed by atoms with Crippen LogP contribution in [0.15, 0.2) is 30.5 Å². The summed E-state index contributed by atoms with van der Waals surface area (Å²) in [7, 11) is 0. The first-order valence-corrected chi connectivity index (χ1v) is 7.50. The minimum atomic E-state index is -0.690. The monoisotopic (exact) mass is 300 g/mol. The second-order valence-electron chi connectivity index (χ2n) is 5.98. The number of benzene rings is 1. The predicted octanol–water partition coefficient (Wildman–Crippen LogP) is 1.68. The van der Waals surface area contributed by atoms with Gasteiger partial charge in [0.25, 0.3) is 0 Å². The van der Waals surface area contributed by atoms with E-state index >= 15 is 0 Å². The van der Waals surface area contributed by atoms with Gasteiger partial charge in [-0.05, 0) is 24.0 Å². The Hall–Kier alpha value is -2.14. The average Bonchev–Trinajstić information content (AvgIpc) is 2.89. The summed E-state index contributed by atoms with van der Waals surface area (Å²) >= 11 is 0. The van der Waals surface area contributed by atoms with Crippen LogP contribution < -0.4 is 11.1 Å². The van der Waals surface area contributed by atoms with Gasteiger partial charge >= 0.3 is 0 Å². The van der Waals surface area contributed by atoms with Crippen LogP contribution in [0.1, 0.15) is 25.8 Å². The number of aromatic amines is 1. The molecular weight excluding hydrogens is 278 g/mol. The fraction of sp³-hybridized carbons (Fsp3) is 0.412. The topological polar surface area (TPSA) is 88.0 Å². The summed E-state index contributed by atoms with van der Waals surface area (Å²) in [5.74, 6) is 0.0231. The second kappa shape index (κ2) is 7.22. The number of aromatic nitrogens is 1. The highest BCUT2D eigenvalue weighted by atomic mass is 16.2. The van der Waals surface area contributed by atoms with Gasteiger partial charge in [0, 0.05) is 23.5 Å². The van der Waals surface area contributed by atoms with E-state index in [2.05, 4.69) is 10.3 Å². The number of nitrogens with one attached hydrogen (secondary N) is 2. The molecule has 117 valence electrons. The van der Waals surface area contributed by atoms with E-state index in [1.54, 1.807) is 0 Å². The summed E-state index contributed by atoms with van der Waals surface area (Å²) in [5, 5.41) is 3.72. The van der Waals surface area contributed by atoms with Crippen LogP contribution in [-0.4, -0.2) is 29.3 Å². The fourth-order valence-electron chi connectivity index (χ4n) is 2.54. The second-order valence-corrected chi connectivity index (χ2v) is 5.98. The van der Waals surface area contributed by atoms with Gasteiger partial charge in [-0.3, -0.25) is 9.59 Å². The van der Waals surface area contributed by atoms with Gasteiger partial charge in [-0.2, -0.15) is 0 Å². The quantitative estimate of drug-likeness (QED) is 0.727. The first-order chi connectivity index (χ1) is 10.5. The molecule has 2 atom stereocenters. The van der Waals surface area contributed by atoms with Crippen molar-refractivity contribution in [2.75, 3.05) is 0 Å². The summed E-state index contributed by atoms with van der Waals surface area (Å²) in [6.45, 7) is 4.00. The number of para-hydroxylation sites is 1. The van der Waals surface area contributed by atoms with Gasteiger partial charge in [0.15, 0.2) is 0 Å². The van der Waals surface area contributed by atoms with E-state index in [-0.39, 0.29) is 5.91 Å². The molecule has 2 rings (SSSR count). The maximum absolute atomic E-state index is 12.0. The minimum absolute atomic E-state index is 0.304. The van der Waals surface area contributed by atoms with Crippen LogP contribution in [-0.2, 0) is 16.0 Å². The Bertz CT molecular complexity index is 648. The Morgan fingerprint density at radius 2 is 2.09 bits per heavy atom. The van der Waals surface area contributed by atoms with Crippen molar-refractivity contribution in [1.29, 1.82) is 0 Å². The Labute approximate surface area is 130 Å². The molecular formula is C17H22N3O2. The van der Waals surface area contributed by atoms with Gasteiger partial charge in [-0.15, -0.1) is 0 Å². The number of carbonyl (C=O) groups excluding carboxylic acids is 2. The minimum Gasteiger partial charge on any atom is -0.361 e. The normalized spacial score (nSPS) is 14.0. The van der Waals surface area contributed by atoms with Crippen LogP contribution in [0.2, 0.25) is 0 Å². The molecule has 2 aromatic rings. The van der Waals surface area contributed by atoms with Crippen LogP contribution in [0.4, 0.5) is 0 Å². The lowest BCUT2D eigenvalue weighted by atomic mass is 10.0. The number of nitrogens with two attached hydrogens (primary N) is 1. The molecule has 0 aliphatic carbocycles. The Balaban J connectivity index is 2.03. The molecule has 1 radical (unpaired) electrons. The molecule has 22 heavy (non-hydrogen) atoms. The van der Waals surface area contributed by atoms with Crippen molar-refractivity contribution >= 4 is 23.1 Å². The third-order valence-electron chi connectivity index (χ3n) is 3.62. The van der Waals surface area contributed by atoms with Crippen molar-refractivity contribution in [2.24, 2.45) is 11.7 Å². The van der Waals surface area contributed by atoms with Gasteiger partial charge in [0.2, 0.25) is 12.2 Å². The van der Waals surface area contributed by atoms with Crippen LogP contribution in [0.5, 0.6) is 0 Å². The third-order valence-corrected chi connectivity index (χ3v) is 3.62. The molecule has 5 nitrogen and oxygen atoms in total. The smallest absolute Gasteiger partial charge is 0.237 e. The van der Waals surface area contributed by atoms with Crippen LogP contribution in [0.3, 0.4) is 0 Å². The highest BCUT2D eigenvalue weighted by Crippen LogP contribution is 2.18. The largest absolute Gasteiger partial charge is 0.361 e. The lowest BCUT2D eigenvalue weighted by molar-refractivity contribution is -0.123. The average molecular weight is 300 g/mol. The standard InChI is InChI=1S/C17H22N3O2/c1-11(2)7-15(18)17(22)20-13(10-21)8-12-9-19-16-6-4-3-5-14(12)16/h3-6,9,11,13,15,19H,7-8,18H2,1-2H3,(H,20,22)/t13-,15-/m0/s1. The van der Waals surface area contributed by atoms with Crippen molar-refractivity contribution < 1.29 is 9.59 Å². The van der Waals surface area contributed by atoms with Gasteiger partial charge < -0.3 is 16.0 Å². The summed E-state index contributed by atoms with van der Waals surface area (Å²) in [4.78, 5) is 26.3. The Morgan fingerprint density at radius 1 is 1.36 bits per heavy atom. The number of rotatable bonds is 7. The number of amides is 1. The number of hydrogen-bond acceptors (Lipinski definition) is 3. The summed E-state index contributed by atoms with van der Waals surface area (Å²) in [5.41, 5.74) is 7.82. The number of hydrogen-bond donors (Lipinski definition) is 3. The summed E-state index contributed by atoms with van der Waals surface area (Å²) in [6.07, 6.45) is 4.73. The van der Waals surface area contributed by atoms with Crippen LogP contribution in [0.25, 0.3) is 10.9 Å². The lowest BCUT2D eigenvalue weighted by Crippen LogP contribution is -2.47. The molecule has 0 aliphatic rings. The van der Waals surface area contributed by atoms with E-state index in [1.807, 2.05) is 50.6 Å². The highest BCUT2D eigenvalue weighted by molar-refractivity contribution is 5.86. The van der Waals surface area contributed by atoms with Crippen LogP contribution in [0, 0.1) is 5.92 Å². The molecule has 0 saturated heterocycles. The van der Waals surface area contributed by atoms with Crippen molar-refractivity contribution in [3.63, 3.8) is 0 Å². The molecule has 1 aromatic heterocycles. The molecule has 0 saturated carbocycles. The van der Waals surface area contributed by atoms with E-state index in [4.69, 9.17) is 5.73 Å². The van der Waals surface area contributed by atoms with E-state index in [0.717, 1.165) is 16.5 Å². The number of fused-ring (bicyclic) bond motifs is 1. The summed E-state index contributed by atoms with van der Waals surface area (Å²) < 4.78 is 0. The van der Waals surface area contributed by atoms with Gasteiger partial charge in [-0.25, -0.2) is 0 Å². The molecule has 4 N–H and O–H groups in total. The molecule has 1 heterocycles. The Kier molecular flexibility index (Phi) is 5.33. The van der Waals surface area contributed by atoms with E-state index < -0.39 is 12.1 Å². The Morgan fingerprint density at radius 3 is 2.77 bits per heavy atom. The van der Waals surface area contributed by atoms with Crippen molar-refractivity contribution in [3.05, 3.63) is 36.0 Å². The molecule has 0 aliphatic heterocycles. The molecule has 0 unspecified atom stereocenters. The molecule has 0 bridgehead atoms. The zero-order valence-electron chi connectivity index (χ0n) is 12.9. The van der Waals surface area contributed by atoms with Crippen LogP contribution >= 0.6 is 0 Å². The van der Waals surface area contributed by atoms with Crippen molar-refractivity contribution in [1.82, 2.24) is 10.3 Å². The van der Waals surface area contributed by atoms with Gasteiger partial charge in [0.05, 0.1) is 12.1 Å². The third kappa shape index (κ3) is 3.95. The zero-order chi connectivity index (χ0) is 16.1. The maximum atomic E-state index is 12.0. The summed E-state index contributed by atoms with van der Waals surface area (Å²) in [6, 6.07) is 6.55. The maximum Gasteiger partial charge on any atom is 0.237 e. The van der Waals surface area contributed by atoms with E-state index in [0.29, 0.717) is 18.8 Å². The zero-order valence-corrected chi connectivity index (χ0v) is 12.9. The SMILES string of the molecule is CC(C)C[C@H](N)C(=O)N[C@H]([C]=O)Cc1c[nH]c2ccccc12. The highest BCUT2D eigenvalue weighted by Gasteiger charge is 2.20. The molecule has 1 amide bonds.